The van der Waals surface area contributed by atoms with Gasteiger partial charge in [-0.3, -0.25) is 0 Å². The molecule has 0 saturated heterocycles. The Balaban J connectivity index is -0.000000158. The predicted octanol–water partition coefficient (Wildman–Crippen LogP) is 15.0. The maximum atomic E-state index is 2.25. The van der Waals surface area contributed by atoms with E-state index in [9.17, 15) is 0 Å². The van der Waals surface area contributed by atoms with Crippen molar-refractivity contribution in [3.05, 3.63) is 197 Å². The summed E-state index contributed by atoms with van der Waals surface area (Å²) in [6.07, 6.45) is 0. The molecule has 0 aliphatic carbocycles. The Morgan fingerprint density at radius 3 is 0.407 bits per heavy atom. The van der Waals surface area contributed by atoms with E-state index in [0.717, 1.165) is 0 Å². The Bertz CT molecular complexity index is 1170. The summed E-state index contributed by atoms with van der Waals surface area (Å²) in [6.45, 7) is 24.0. The van der Waals surface area contributed by atoms with Crippen molar-refractivity contribution in [2.24, 2.45) is 0 Å². The molecule has 0 aromatic heterocycles. The van der Waals surface area contributed by atoms with Crippen LogP contribution in [0.25, 0.3) is 0 Å². The number of anilines is 6. The fraction of sp³-hybridized carbons (Fsp3) is 0.255. The van der Waals surface area contributed by atoms with Gasteiger partial charge < -0.3 is 24.7 Å². The normalized spacial score (nSPS) is 7.78. The Hall–Kier alpha value is -3.44. The van der Waals surface area contributed by atoms with Gasteiger partial charge in [0, 0.05) is 34.1 Å². The van der Waals surface area contributed by atoms with Crippen LogP contribution in [0.15, 0.2) is 182 Å². The summed E-state index contributed by atoms with van der Waals surface area (Å²) < 4.78 is 0. The van der Waals surface area contributed by atoms with Crippen LogP contribution in [0.5, 0.6) is 0 Å². The van der Waals surface area contributed by atoms with Crippen molar-refractivity contribution in [2.75, 3.05) is 9.80 Å². The first-order valence-corrected chi connectivity index (χ1v) is 18.8. The standard InChI is InChI=1S/2C18H15N.6C2H6.CH4.2CH3.K/c2*1-4-10-16(11-5-1)19(17-12-6-2-7-13-17)18-14-8-3-9-15-18;6*1-2;;;;/h2*1-15H;6*1-2H3;1H4;2*1H3;/q;;;;;;;;;2*-1;+1. The third-order valence-corrected chi connectivity index (χ3v) is 6.09. The minimum Gasteiger partial charge on any atom is -0.358 e. The van der Waals surface area contributed by atoms with Gasteiger partial charge in [-0.2, -0.15) is 0 Å². The van der Waals surface area contributed by atoms with Crippen LogP contribution in [-0.4, -0.2) is 0 Å². The molecular formula is C51H76KN2-. The summed E-state index contributed by atoms with van der Waals surface area (Å²) in [5.41, 5.74) is 7.00. The quantitative estimate of drug-likeness (QED) is 0.123. The summed E-state index contributed by atoms with van der Waals surface area (Å²) in [4.78, 5) is 4.50. The Morgan fingerprint density at radius 1 is 0.222 bits per heavy atom. The van der Waals surface area contributed by atoms with Crippen LogP contribution in [0.4, 0.5) is 34.1 Å². The Labute approximate surface area is 379 Å². The van der Waals surface area contributed by atoms with Crippen LogP contribution in [0, 0.1) is 14.9 Å². The molecule has 0 atom stereocenters. The van der Waals surface area contributed by atoms with E-state index >= 15 is 0 Å². The van der Waals surface area contributed by atoms with Gasteiger partial charge in [0.05, 0.1) is 0 Å². The van der Waals surface area contributed by atoms with Gasteiger partial charge in [-0.05, 0) is 72.8 Å². The molecule has 0 bridgehead atoms. The number of rotatable bonds is 6. The first kappa shape index (κ1) is 62.5. The van der Waals surface area contributed by atoms with Crippen molar-refractivity contribution in [1.82, 2.24) is 0 Å². The molecule has 0 N–H and O–H groups in total. The first-order chi connectivity index (χ1) is 24.9. The summed E-state index contributed by atoms with van der Waals surface area (Å²) in [5.74, 6) is 0. The van der Waals surface area contributed by atoms with Crippen LogP contribution < -0.4 is 61.2 Å². The molecule has 0 saturated carbocycles. The van der Waals surface area contributed by atoms with E-state index in [1.807, 2.05) is 119 Å². The van der Waals surface area contributed by atoms with Crippen LogP contribution in [-0.2, 0) is 0 Å². The molecule has 0 fully saturated rings. The fourth-order valence-corrected chi connectivity index (χ4v) is 4.36. The number of hydrogen-bond donors (Lipinski definition) is 0. The van der Waals surface area contributed by atoms with Gasteiger partial charge in [-0.15, -0.1) is 0 Å². The van der Waals surface area contributed by atoms with Crippen LogP contribution in [0.2, 0.25) is 0 Å². The third kappa shape index (κ3) is 23.4. The molecule has 0 aliphatic heterocycles. The smallest absolute Gasteiger partial charge is 0.358 e. The summed E-state index contributed by atoms with van der Waals surface area (Å²) in [5, 5.41) is 0. The third-order valence-electron chi connectivity index (χ3n) is 6.09. The number of nitrogens with zero attached hydrogens (tertiary/aromatic N) is 2. The second-order valence-electron chi connectivity index (χ2n) is 8.68. The Morgan fingerprint density at radius 2 is 0.315 bits per heavy atom. The van der Waals surface area contributed by atoms with Gasteiger partial charge in [-0.25, -0.2) is 0 Å². The molecule has 2 nitrogen and oxygen atoms in total. The van der Waals surface area contributed by atoms with Gasteiger partial charge in [-0.1, -0.05) is 200 Å². The van der Waals surface area contributed by atoms with Gasteiger partial charge in [0.15, 0.2) is 0 Å². The predicted molar refractivity (Wildman–Crippen MR) is 250 cm³/mol. The first-order valence-electron chi connectivity index (χ1n) is 18.8. The second kappa shape index (κ2) is 45.7. The van der Waals surface area contributed by atoms with Crippen molar-refractivity contribution in [1.29, 1.82) is 0 Å². The van der Waals surface area contributed by atoms with Gasteiger partial charge in [0.25, 0.3) is 0 Å². The van der Waals surface area contributed by atoms with Crippen LogP contribution in [0.1, 0.15) is 90.5 Å². The monoisotopic (exact) mass is 756 g/mol. The van der Waals surface area contributed by atoms with Crippen molar-refractivity contribution in [3.8, 4) is 0 Å². The van der Waals surface area contributed by atoms with E-state index in [2.05, 4.69) is 155 Å². The second-order valence-corrected chi connectivity index (χ2v) is 8.68. The van der Waals surface area contributed by atoms with Gasteiger partial charge in [0.1, 0.15) is 0 Å². The van der Waals surface area contributed by atoms with E-state index in [4.69, 9.17) is 0 Å². The minimum atomic E-state index is 0. The van der Waals surface area contributed by atoms with E-state index in [-0.39, 0.29) is 73.7 Å². The summed E-state index contributed by atoms with van der Waals surface area (Å²) in [7, 11) is 0. The SMILES string of the molecule is C.CC.CC.CC.CC.CC.CC.[CH3-].[CH3-].[K+].c1ccc(N(c2ccccc2)c2ccccc2)cc1.c1ccc(N(c2ccccc2)c2ccccc2)cc1. The molecule has 0 heterocycles. The molecule has 0 unspecified atom stereocenters. The zero-order valence-corrected chi connectivity index (χ0v) is 39.3. The molecule has 0 spiro atoms. The molecule has 0 radical (unpaired) electrons. The minimum absolute atomic E-state index is 0. The number of benzene rings is 6. The largest absolute Gasteiger partial charge is 1.00 e. The molecule has 3 heteroatoms. The molecule has 292 valence electrons. The molecular weight excluding hydrogens is 680 g/mol. The van der Waals surface area contributed by atoms with Crippen molar-refractivity contribution < 1.29 is 51.4 Å². The molecule has 6 aromatic carbocycles. The zero-order valence-electron chi connectivity index (χ0n) is 36.2. The molecule has 6 aromatic rings. The molecule has 6 rings (SSSR count). The summed E-state index contributed by atoms with van der Waals surface area (Å²) >= 11 is 0. The average molecular weight is 756 g/mol. The molecule has 0 amide bonds. The molecule has 0 aliphatic rings. The van der Waals surface area contributed by atoms with Crippen molar-refractivity contribution >= 4 is 34.1 Å². The number of hydrogen-bond acceptors (Lipinski definition) is 2. The van der Waals surface area contributed by atoms with E-state index < -0.39 is 0 Å². The topological polar surface area (TPSA) is 6.48 Å². The van der Waals surface area contributed by atoms with E-state index in [1.54, 1.807) is 0 Å². The maximum absolute atomic E-state index is 2.25. The molecule has 54 heavy (non-hydrogen) atoms. The fourth-order valence-electron chi connectivity index (χ4n) is 4.36. The average Bonchev–Trinajstić information content (AvgIpc) is 3.25. The number of para-hydroxylation sites is 6. The van der Waals surface area contributed by atoms with E-state index in [0.29, 0.717) is 0 Å². The summed E-state index contributed by atoms with van der Waals surface area (Å²) in [6, 6.07) is 62.5. The Kier molecular flexibility index (Phi) is 52.9. The zero-order chi connectivity index (χ0) is 37.8. The van der Waals surface area contributed by atoms with Crippen LogP contribution in [0.3, 0.4) is 0 Å². The van der Waals surface area contributed by atoms with Gasteiger partial charge in [0.2, 0.25) is 0 Å². The van der Waals surface area contributed by atoms with Crippen molar-refractivity contribution in [2.45, 2.75) is 90.5 Å². The van der Waals surface area contributed by atoms with E-state index in [1.165, 1.54) is 34.1 Å². The van der Waals surface area contributed by atoms with Crippen molar-refractivity contribution in [3.63, 3.8) is 0 Å². The van der Waals surface area contributed by atoms with Gasteiger partial charge >= 0.3 is 51.4 Å². The van der Waals surface area contributed by atoms with Crippen LogP contribution >= 0.6 is 0 Å². The maximum Gasteiger partial charge on any atom is 1.00 e.